The summed E-state index contributed by atoms with van der Waals surface area (Å²) < 4.78 is 19.6. The summed E-state index contributed by atoms with van der Waals surface area (Å²) in [6.45, 7) is 1.41. The van der Waals surface area contributed by atoms with Crippen molar-refractivity contribution in [1.29, 1.82) is 0 Å². The Labute approximate surface area is 205 Å². The molecule has 7 heteroatoms. The Morgan fingerprint density at radius 3 is 2.49 bits per heavy atom. The van der Waals surface area contributed by atoms with Crippen molar-refractivity contribution < 1.29 is 19.0 Å². The zero-order chi connectivity index (χ0) is 23.8. The van der Waals surface area contributed by atoms with E-state index in [0.29, 0.717) is 18.3 Å². The maximum absolute atomic E-state index is 12.1. The second-order valence-electron chi connectivity index (χ2n) is 10.0. The van der Waals surface area contributed by atoms with Crippen LogP contribution in [-0.2, 0) is 9.47 Å². The number of nitrogen functional groups attached to an aromatic ring is 1. The number of aromatic nitrogens is 1. The molecule has 184 valence electrons. The van der Waals surface area contributed by atoms with Crippen LogP contribution in [0.15, 0.2) is 42.5 Å². The molecular formula is C28H33N3O4. The van der Waals surface area contributed by atoms with E-state index in [-0.39, 0.29) is 18.3 Å². The van der Waals surface area contributed by atoms with Crippen molar-refractivity contribution in [2.75, 3.05) is 24.3 Å². The van der Waals surface area contributed by atoms with Gasteiger partial charge in [-0.05, 0) is 75.6 Å². The van der Waals surface area contributed by atoms with Crippen molar-refractivity contribution in [1.82, 2.24) is 4.57 Å². The fourth-order valence-electron chi connectivity index (χ4n) is 5.19. The zero-order valence-electron chi connectivity index (χ0n) is 20.0. The van der Waals surface area contributed by atoms with Gasteiger partial charge < -0.3 is 24.5 Å². The van der Waals surface area contributed by atoms with Crippen molar-refractivity contribution in [3.05, 3.63) is 42.5 Å². The van der Waals surface area contributed by atoms with Gasteiger partial charge in [0.1, 0.15) is 18.5 Å². The average molecular weight is 476 g/mol. The maximum Gasteiger partial charge on any atom is 0.411 e. The quantitative estimate of drug-likeness (QED) is 0.420. The Morgan fingerprint density at radius 1 is 1.03 bits per heavy atom. The minimum atomic E-state index is -0.388. The Hall–Kier alpha value is -3.19. The maximum atomic E-state index is 12.1. The van der Waals surface area contributed by atoms with Gasteiger partial charge >= 0.3 is 6.09 Å². The number of fused-ring (bicyclic) bond motifs is 1. The second kappa shape index (κ2) is 9.46. The van der Waals surface area contributed by atoms with E-state index in [9.17, 15) is 4.79 Å². The van der Waals surface area contributed by atoms with E-state index in [1.807, 2.05) is 30.3 Å². The smallest absolute Gasteiger partial charge is 0.411 e. The summed E-state index contributed by atoms with van der Waals surface area (Å²) in [4.78, 5) is 12.1. The van der Waals surface area contributed by atoms with Crippen LogP contribution in [0.25, 0.3) is 22.2 Å². The van der Waals surface area contributed by atoms with Crippen molar-refractivity contribution in [2.45, 2.75) is 69.6 Å². The van der Waals surface area contributed by atoms with Crippen molar-refractivity contribution in [2.24, 2.45) is 0 Å². The molecule has 3 N–H and O–H groups in total. The van der Waals surface area contributed by atoms with Crippen molar-refractivity contribution in [3.8, 4) is 17.0 Å². The van der Waals surface area contributed by atoms with E-state index in [1.54, 1.807) is 0 Å². The summed E-state index contributed by atoms with van der Waals surface area (Å²) in [6, 6.07) is 14.5. The molecule has 0 radical (unpaired) electrons. The fraction of sp³-hybridized carbons (Fsp3) is 0.464. The largest absolute Gasteiger partial charge is 0.491 e. The number of benzene rings is 2. The lowest BCUT2D eigenvalue weighted by molar-refractivity contribution is 0.0624. The van der Waals surface area contributed by atoms with Crippen LogP contribution in [0.2, 0.25) is 0 Å². The number of carbonyl (C=O) groups excluding carboxylic acids is 1. The number of amides is 1. The molecule has 2 aromatic carbocycles. The van der Waals surface area contributed by atoms with Gasteiger partial charge in [-0.2, -0.15) is 0 Å². The number of rotatable bonds is 7. The van der Waals surface area contributed by atoms with Crippen LogP contribution >= 0.6 is 0 Å². The number of ether oxygens (including phenoxy) is 3. The summed E-state index contributed by atoms with van der Waals surface area (Å²) in [7, 11) is 0. The van der Waals surface area contributed by atoms with Crippen LogP contribution in [-0.4, -0.2) is 36.1 Å². The highest BCUT2D eigenvalue weighted by Gasteiger charge is 2.27. The Balaban J connectivity index is 1.27. The predicted octanol–water partition coefficient (Wildman–Crippen LogP) is 6.27. The molecule has 2 saturated carbocycles. The Morgan fingerprint density at radius 2 is 1.83 bits per heavy atom. The molecular weight excluding hydrogens is 442 g/mol. The van der Waals surface area contributed by atoms with E-state index in [1.165, 1.54) is 6.42 Å². The van der Waals surface area contributed by atoms with E-state index < -0.39 is 0 Å². The third-order valence-electron chi connectivity index (χ3n) is 7.65. The third kappa shape index (κ3) is 4.45. The number of nitrogens with zero attached hydrogens (tertiary/aromatic N) is 1. The summed E-state index contributed by atoms with van der Waals surface area (Å²) in [5, 5.41) is 3.88. The fourth-order valence-corrected chi connectivity index (χ4v) is 5.19. The van der Waals surface area contributed by atoms with Gasteiger partial charge in [-0.3, -0.25) is 5.32 Å². The molecule has 3 aliphatic rings. The highest BCUT2D eigenvalue weighted by atomic mass is 16.6. The van der Waals surface area contributed by atoms with Crippen LogP contribution in [0, 0.1) is 0 Å². The van der Waals surface area contributed by atoms with Crippen molar-refractivity contribution in [3.63, 3.8) is 0 Å². The highest BCUT2D eigenvalue weighted by molar-refractivity contribution is 6.01. The molecule has 2 heterocycles. The van der Waals surface area contributed by atoms with Crippen molar-refractivity contribution >= 4 is 28.4 Å². The standard InChI is InChI=1S/C28H33N3O4/c29-26-24-14-13-22(34-17-23-8-3-15-33-23)16-25(24)31(20-4-1-5-20)27(26)18-9-11-19(12-10-18)30-28(32)35-21-6-2-7-21/h9-14,16,20-21,23H,1-8,15,17,29H2,(H,30,32). The number of hydrogen-bond donors (Lipinski definition) is 2. The van der Waals surface area contributed by atoms with Crippen LogP contribution in [0.3, 0.4) is 0 Å². The first-order valence-electron chi connectivity index (χ1n) is 12.9. The monoisotopic (exact) mass is 475 g/mol. The lowest BCUT2D eigenvalue weighted by Gasteiger charge is -2.30. The van der Waals surface area contributed by atoms with Gasteiger partial charge in [0.25, 0.3) is 0 Å². The first kappa shape index (κ1) is 22.3. The Kier molecular flexibility index (Phi) is 6.02. The molecule has 3 fully saturated rings. The van der Waals surface area contributed by atoms with Gasteiger partial charge in [-0.1, -0.05) is 12.1 Å². The molecule has 1 aromatic heterocycles. The Bertz CT molecular complexity index is 1210. The molecule has 1 amide bonds. The van der Waals surface area contributed by atoms with E-state index in [2.05, 4.69) is 22.0 Å². The first-order valence-corrected chi connectivity index (χ1v) is 12.9. The summed E-state index contributed by atoms with van der Waals surface area (Å²) in [5.41, 5.74) is 11.4. The molecule has 1 aliphatic heterocycles. The summed E-state index contributed by atoms with van der Waals surface area (Å²) >= 11 is 0. The molecule has 2 aliphatic carbocycles. The normalized spacial score (nSPS) is 20.4. The second-order valence-corrected chi connectivity index (χ2v) is 10.0. The van der Waals surface area contributed by atoms with Gasteiger partial charge in [-0.25, -0.2) is 4.79 Å². The topological polar surface area (TPSA) is 87.7 Å². The number of hydrogen-bond acceptors (Lipinski definition) is 5. The molecule has 7 nitrogen and oxygen atoms in total. The lowest BCUT2D eigenvalue weighted by Crippen LogP contribution is -2.27. The average Bonchev–Trinajstić information content (AvgIpc) is 3.41. The summed E-state index contributed by atoms with van der Waals surface area (Å²) in [5.74, 6) is 0.849. The van der Waals surface area contributed by atoms with Crippen LogP contribution in [0.1, 0.15) is 57.4 Å². The molecule has 35 heavy (non-hydrogen) atoms. The molecule has 1 saturated heterocycles. The number of carbonyl (C=O) groups is 1. The van der Waals surface area contributed by atoms with Gasteiger partial charge in [0.2, 0.25) is 0 Å². The molecule has 6 rings (SSSR count). The van der Waals surface area contributed by atoms with E-state index in [0.717, 1.165) is 85.1 Å². The molecule has 3 aromatic rings. The van der Waals surface area contributed by atoms with Crippen LogP contribution < -0.4 is 15.8 Å². The van der Waals surface area contributed by atoms with Gasteiger partial charge in [0.15, 0.2) is 0 Å². The zero-order valence-corrected chi connectivity index (χ0v) is 20.0. The van der Waals surface area contributed by atoms with Crippen LogP contribution in [0.4, 0.5) is 16.2 Å². The number of nitrogens with two attached hydrogens (primary N) is 1. The first-order chi connectivity index (χ1) is 17.2. The lowest BCUT2D eigenvalue weighted by atomic mass is 9.92. The minimum absolute atomic E-state index is 0.0619. The molecule has 1 unspecified atom stereocenters. The summed E-state index contributed by atoms with van der Waals surface area (Å²) in [6.07, 6.45) is 8.58. The van der Waals surface area contributed by atoms with Gasteiger partial charge in [-0.15, -0.1) is 0 Å². The third-order valence-corrected chi connectivity index (χ3v) is 7.65. The number of nitrogens with one attached hydrogen (secondary N) is 1. The van der Waals surface area contributed by atoms with Crippen LogP contribution in [0.5, 0.6) is 5.75 Å². The van der Waals surface area contributed by atoms with E-state index in [4.69, 9.17) is 19.9 Å². The SMILES string of the molecule is Nc1c(-c2ccc(NC(=O)OC3CCC3)cc2)n(C2CCC2)c2cc(OCC3CCCO3)ccc12. The highest BCUT2D eigenvalue weighted by Crippen LogP contribution is 2.45. The molecule has 0 spiro atoms. The number of anilines is 2. The predicted molar refractivity (Wildman–Crippen MR) is 137 cm³/mol. The van der Waals surface area contributed by atoms with E-state index >= 15 is 0 Å². The molecule has 0 bridgehead atoms. The minimum Gasteiger partial charge on any atom is -0.491 e. The molecule has 1 atom stereocenters. The van der Waals surface area contributed by atoms with Gasteiger partial charge in [0.05, 0.1) is 23.0 Å². The van der Waals surface area contributed by atoms with Gasteiger partial charge in [0, 0.05) is 35.4 Å².